The quantitative estimate of drug-likeness (QED) is 0.0329. The van der Waals surface area contributed by atoms with E-state index in [1.165, 1.54) is 46.8 Å². The highest BCUT2D eigenvalue weighted by Gasteiger charge is 2.51. The summed E-state index contributed by atoms with van der Waals surface area (Å²) in [5, 5.41) is 75.7. The van der Waals surface area contributed by atoms with E-state index in [-0.39, 0.29) is 70.0 Å². The molecule has 12 heterocycles. The number of H-pyrrole nitrogens is 4. The smallest absolute Gasteiger partial charge is 0.309 e. The van der Waals surface area contributed by atoms with Gasteiger partial charge in [0.25, 0.3) is 0 Å². The van der Waals surface area contributed by atoms with E-state index in [0.717, 1.165) is 229 Å². The van der Waals surface area contributed by atoms with Gasteiger partial charge in [-0.15, -0.1) is 0 Å². The number of nitrogens with zero attached hydrogens (tertiary/aromatic N) is 8. The predicted molar refractivity (Wildman–Crippen MR) is 506 cm³/mol. The first-order valence-electron chi connectivity index (χ1n) is 46.6. The molecule has 694 valence electrons. The van der Waals surface area contributed by atoms with Crippen molar-refractivity contribution in [3.05, 3.63) is 236 Å². The predicted octanol–water partition coefficient (Wildman–Crippen LogP) is 22.9. The molecule has 3 saturated carbocycles. The number of aliphatic carboxylic acids is 4. The molecular formula is C104H104Cl2F4N12O12. The number of hydrogen-bond donors (Lipinski definition) is 8. The summed E-state index contributed by atoms with van der Waals surface area (Å²) in [7, 11) is 0. The molecule has 0 unspecified atom stereocenters. The molecular weight excluding hydrogens is 1760 g/mol. The van der Waals surface area contributed by atoms with E-state index in [1.54, 1.807) is 56.6 Å². The number of carbonyl (C=O) groups is 4. The fourth-order valence-corrected chi connectivity index (χ4v) is 22.6. The molecule has 0 atom stereocenters. The van der Waals surface area contributed by atoms with Crippen LogP contribution < -0.4 is 0 Å². The Bertz CT molecular complexity index is 7200. The van der Waals surface area contributed by atoms with Crippen molar-refractivity contribution in [2.24, 2.45) is 23.2 Å². The fraction of sp³-hybridized carbons (Fsp3) is 0.385. The molecule has 0 radical (unpaired) electrons. The number of benzene rings is 8. The van der Waals surface area contributed by atoms with Gasteiger partial charge in [-0.2, -0.15) is 20.4 Å². The molecule has 7 aliphatic rings. The Hall–Kier alpha value is -12.2. The summed E-state index contributed by atoms with van der Waals surface area (Å²) >= 11 is 12.5. The standard InChI is InChI=1S/C28H29ClFN3O3.C26H25ClFN3O3.C26H26FN3O3.C24H24FN3O3/c29-23-13-20(5-6-24(23)30)33-26-12-19-15-31-32-25(19)14-21(26)22(27(33)17-7-9-36-10-8-17)11-16-1-3-18(4-2-16)28(34)35;27-20-11-18(1-2-21(20)28)31-23-10-17-13-29-30-22(17)12-19(23)25(16-7-14(8-16)9-24(32)33)26(31)15-3-5-34-6-4-15;1-15-10-18(2-3-21(15)27)30-23-11-17-14-28-29-22(17)12-19(23)20(13-26(6-7-26)25(31)32)24(30)16-4-8-33-9-5-16;1-14-10-17(2-4-20(14)25)28-22-11-16-13-26-27-21(16)12-19(22)18(3-5-23(29)30)24(28)15-6-8-31-9-7-15/h5-6,12-18H,1-4,7-11H2,(H,31,32)(H,34,35);1-2,10-16H,3-9H2,(H,29,30)(H,32,33);2-3,10-12,14,16H,4-9,13H2,1H3,(H,28,29)(H,31,32);2,4,10-13,15H,3,5-9H2,1H3,(H,26,27)(H,29,30). The molecule has 23 rings (SSSR count). The Labute approximate surface area is 777 Å². The number of halogens is 6. The molecule has 16 aromatic rings. The lowest BCUT2D eigenvalue weighted by atomic mass is 9.68. The van der Waals surface area contributed by atoms with Crippen LogP contribution in [0.2, 0.25) is 10.0 Å². The molecule has 24 nitrogen and oxygen atoms in total. The molecule has 4 aliphatic heterocycles. The van der Waals surface area contributed by atoms with E-state index >= 15 is 0 Å². The summed E-state index contributed by atoms with van der Waals surface area (Å²) in [5.41, 5.74) is 21.2. The van der Waals surface area contributed by atoms with E-state index < -0.39 is 40.9 Å². The molecule has 7 fully saturated rings. The average Bonchev–Trinajstić information content (AvgIpc) is 1.56. The topological polar surface area (TPSA) is 321 Å². The second-order valence-corrected chi connectivity index (χ2v) is 38.5. The minimum atomic E-state index is -0.820. The highest BCUT2D eigenvalue weighted by molar-refractivity contribution is 6.31. The third-order valence-electron chi connectivity index (χ3n) is 29.4. The third-order valence-corrected chi connectivity index (χ3v) is 30.0. The molecule has 134 heavy (non-hydrogen) atoms. The van der Waals surface area contributed by atoms with Crippen LogP contribution >= 0.6 is 23.2 Å². The summed E-state index contributed by atoms with van der Waals surface area (Å²) in [5.74, 6) is -2.57. The van der Waals surface area contributed by atoms with Crippen molar-refractivity contribution in [3.8, 4) is 22.7 Å². The first kappa shape index (κ1) is 89.7. The van der Waals surface area contributed by atoms with Gasteiger partial charge in [-0.3, -0.25) is 39.6 Å². The second kappa shape index (κ2) is 37.6. The Balaban J connectivity index is 0.000000111. The Morgan fingerprint density at radius 3 is 1.15 bits per heavy atom. The van der Waals surface area contributed by atoms with Crippen LogP contribution in [0.15, 0.2) is 146 Å². The molecule has 0 bridgehead atoms. The van der Waals surface area contributed by atoms with E-state index in [1.807, 2.05) is 30.6 Å². The van der Waals surface area contributed by atoms with Crippen molar-refractivity contribution in [2.45, 2.75) is 178 Å². The summed E-state index contributed by atoms with van der Waals surface area (Å²) in [6, 6.07) is 37.2. The summed E-state index contributed by atoms with van der Waals surface area (Å²) in [4.78, 5) is 46.4. The van der Waals surface area contributed by atoms with Gasteiger partial charge in [0.15, 0.2) is 0 Å². The van der Waals surface area contributed by atoms with Gasteiger partial charge in [0.1, 0.15) is 23.3 Å². The fourth-order valence-electron chi connectivity index (χ4n) is 22.2. The highest BCUT2D eigenvalue weighted by Crippen LogP contribution is 2.55. The number of aromatic nitrogens is 12. The van der Waals surface area contributed by atoms with E-state index in [0.29, 0.717) is 102 Å². The summed E-state index contributed by atoms with van der Waals surface area (Å²) in [6.07, 6.45) is 22.8. The highest BCUT2D eigenvalue weighted by atomic mass is 35.5. The molecule has 0 amide bonds. The number of carboxylic acids is 4. The van der Waals surface area contributed by atoms with Crippen molar-refractivity contribution in [3.63, 3.8) is 0 Å². The minimum Gasteiger partial charge on any atom is -0.481 e. The lowest BCUT2D eigenvalue weighted by molar-refractivity contribution is -0.144. The maximum Gasteiger partial charge on any atom is 0.309 e. The zero-order valence-electron chi connectivity index (χ0n) is 74.4. The summed E-state index contributed by atoms with van der Waals surface area (Å²) < 4.78 is 88.0. The Morgan fingerprint density at radius 2 is 0.769 bits per heavy atom. The van der Waals surface area contributed by atoms with Crippen LogP contribution in [0.3, 0.4) is 0 Å². The lowest BCUT2D eigenvalue weighted by Crippen LogP contribution is -2.26. The average molecular weight is 1860 g/mol. The van der Waals surface area contributed by atoms with Crippen LogP contribution in [-0.4, -0.2) is 156 Å². The van der Waals surface area contributed by atoms with Gasteiger partial charge < -0.3 is 57.6 Å². The normalized spacial score (nSPS) is 19.1. The molecule has 0 spiro atoms. The van der Waals surface area contributed by atoms with Crippen molar-refractivity contribution >= 4 is 134 Å². The van der Waals surface area contributed by atoms with Gasteiger partial charge in [0.2, 0.25) is 0 Å². The number of aryl methyl sites for hydroxylation is 3. The zero-order chi connectivity index (χ0) is 92.5. The third kappa shape index (κ3) is 17.5. The first-order valence-corrected chi connectivity index (χ1v) is 47.4. The van der Waals surface area contributed by atoms with Crippen LogP contribution in [0.5, 0.6) is 0 Å². The van der Waals surface area contributed by atoms with Crippen molar-refractivity contribution in [2.75, 3.05) is 52.9 Å². The van der Waals surface area contributed by atoms with Crippen molar-refractivity contribution in [1.82, 2.24) is 59.1 Å². The van der Waals surface area contributed by atoms with Crippen LogP contribution in [-0.2, 0) is 57.4 Å². The van der Waals surface area contributed by atoms with E-state index in [2.05, 4.69) is 108 Å². The SMILES string of the molecule is Cc1cc(-n2c(C3CCOCC3)c(CC3(C(=O)O)CC3)c3cc4[nH]ncc4cc32)ccc1F.Cc1cc(-n2c(C3CCOCC3)c(CCC(=O)O)c3cc4[nH]ncc4cc32)ccc1F.O=C(O)C1CCC(Cc2c(C3CCOCC3)n(-c3ccc(F)c(Cl)c3)c3cc4cn[nH]c4cc23)CC1.O=C(O)CC1CC(c2c(C3CCOCC3)n(-c3ccc(F)c(Cl)c3)c3cc4cn[nH]c4cc23)C1. The second-order valence-electron chi connectivity index (χ2n) is 37.7. The maximum atomic E-state index is 14.2. The molecule has 8 aromatic heterocycles. The number of aromatic amines is 4. The molecule has 3 aliphatic carbocycles. The number of ether oxygens (including phenoxy) is 4. The van der Waals surface area contributed by atoms with Crippen LogP contribution in [0.1, 0.15) is 201 Å². The first-order chi connectivity index (χ1) is 65.0. The van der Waals surface area contributed by atoms with Crippen molar-refractivity contribution in [1.29, 1.82) is 0 Å². The van der Waals surface area contributed by atoms with Crippen LogP contribution in [0.4, 0.5) is 17.6 Å². The van der Waals surface area contributed by atoms with Gasteiger partial charge in [0.05, 0.1) is 90.3 Å². The molecule has 8 aromatic carbocycles. The monoisotopic (exact) mass is 1860 g/mol. The summed E-state index contributed by atoms with van der Waals surface area (Å²) in [6.45, 7) is 9.09. The maximum absolute atomic E-state index is 14.2. The van der Waals surface area contributed by atoms with E-state index in [4.69, 9.17) is 42.1 Å². The molecule has 30 heteroatoms. The van der Waals surface area contributed by atoms with E-state index in [9.17, 15) is 57.2 Å². The van der Waals surface area contributed by atoms with Gasteiger partial charge in [-0.1, -0.05) is 23.2 Å². The van der Waals surface area contributed by atoms with Crippen LogP contribution in [0, 0.1) is 60.3 Å². The van der Waals surface area contributed by atoms with Gasteiger partial charge >= 0.3 is 23.9 Å². The van der Waals surface area contributed by atoms with Gasteiger partial charge in [-0.25, -0.2) is 17.6 Å². The number of fused-ring (bicyclic) bond motifs is 8. The van der Waals surface area contributed by atoms with Crippen LogP contribution in [0.25, 0.3) is 110 Å². The Morgan fingerprint density at radius 1 is 0.410 bits per heavy atom. The zero-order valence-corrected chi connectivity index (χ0v) is 75.9. The Kier molecular flexibility index (Phi) is 25.2. The number of hydrogen-bond acceptors (Lipinski definition) is 12. The number of rotatable bonds is 20. The minimum absolute atomic E-state index is 0.0544. The molecule has 4 saturated heterocycles. The van der Waals surface area contributed by atoms with Gasteiger partial charge in [0, 0.05) is 178 Å². The lowest BCUT2D eigenvalue weighted by Gasteiger charge is -2.37. The number of carboxylic acid groups (broad SMARTS) is 4. The van der Waals surface area contributed by atoms with Gasteiger partial charge in [-0.05, 0) is 308 Å². The van der Waals surface area contributed by atoms with Crippen molar-refractivity contribution < 1.29 is 76.1 Å². The molecule has 8 N–H and O–H groups in total. The largest absolute Gasteiger partial charge is 0.481 e. The number of nitrogens with one attached hydrogen (secondary N) is 4.